The van der Waals surface area contributed by atoms with E-state index in [0.29, 0.717) is 12.5 Å². The second-order valence-electron chi connectivity index (χ2n) is 5.46. The van der Waals surface area contributed by atoms with Gasteiger partial charge in [0.1, 0.15) is 6.61 Å². The van der Waals surface area contributed by atoms with E-state index in [9.17, 15) is 0 Å². The maximum atomic E-state index is 5.16. The van der Waals surface area contributed by atoms with Crippen molar-refractivity contribution in [3.63, 3.8) is 0 Å². The molecule has 1 aliphatic rings. The summed E-state index contributed by atoms with van der Waals surface area (Å²) in [6.07, 6.45) is 2.52. The Labute approximate surface area is 123 Å². The third-order valence-electron chi connectivity index (χ3n) is 3.51. The number of aromatic nitrogens is 3. The summed E-state index contributed by atoms with van der Waals surface area (Å²) in [6, 6.07) is 0. The van der Waals surface area contributed by atoms with E-state index in [4.69, 9.17) is 9.72 Å². The van der Waals surface area contributed by atoms with Crippen LogP contribution in [0.15, 0.2) is 0 Å². The van der Waals surface area contributed by atoms with Crippen LogP contribution in [-0.2, 0) is 11.3 Å². The fraction of sp³-hybridized carbons (Fsp3) is 0.643. The van der Waals surface area contributed by atoms with Gasteiger partial charge in [0, 0.05) is 20.2 Å². The van der Waals surface area contributed by atoms with Crippen LogP contribution in [0.2, 0.25) is 0 Å². The third-order valence-corrected chi connectivity index (χ3v) is 4.64. The van der Waals surface area contributed by atoms with Gasteiger partial charge in [-0.2, -0.15) is 4.98 Å². The fourth-order valence-corrected chi connectivity index (χ4v) is 3.70. The predicted octanol–water partition coefficient (Wildman–Crippen LogP) is 2.96. The highest BCUT2D eigenvalue weighted by atomic mass is 32.1. The van der Waals surface area contributed by atoms with Crippen molar-refractivity contribution in [3.8, 4) is 0 Å². The molecular formula is C14H20N4OS. The van der Waals surface area contributed by atoms with Crippen LogP contribution in [0.5, 0.6) is 0 Å². The lowest BCUT2D eigenvalue weighted by atomic mass is 10.1. The van der Waals surface area contributed by atoms with Crippen molar-refractivity contribution in [2.75, 3.05) is 25.1 Å². The van der Waals surface area contributed by atoms with Gasteiger partial charge >= 0.3 is 0 Å². The van der Waals surface area contributed by atoms with E-state index >= 15 is 0 Å². The average Bonchev–Trinajstić information content (AvgIpc) is 3.06. The Morgan fingerprint density at radius 1 is 1.20 bits per heavy atom. The van der Waals surface area contributed by atoms with Crippen molar-refractivity contribution < 1.29 is 4.74 Å². The number of fused-ring (bicyclic) bond motifs is 1. The minimum Gasteiger partial charge on any atom is -0.377 e. The lowest BCUT2D eigenvalue weighted by molar-refractivity contribution is 0.178. The maximum Gasteiger partial charge on any atom is 0.188 e. The molecule has 5 nitrogen and oxygen atoms in total. The van der Waals surface area contributed by atoms with Crippen LogP contribution in [-0.4, -0.2) is 35.2 Å². The molecule has 1 saturated heterocycles. The summed E-state index contributed by atoms with van der Waals surface area (Å²) in [4.78, 5) is 16.3. The summed E-state index contributed by atoms with van der Waals surface area (Å²) in [5.41, 5.74) is 1.91. The molecule has 3 rings (SSSR count). The molecule has 0 saturated carbocycles. The van der Waals surface area contributed by atoms with Gasteiger partial charge < -0.3 is 9.64 Å². The van der Waals surface area contributed by atoms with Crippen LogP contribution in [0, 0.1) is 0 Å². The van der Waals surface area contributed by atoms with Gasteiger partial charge in [-0.15, -0.1) is 0 Å². The highest BCUT2D eigenvalue weighted by molar-refractivity contribution is 7.22. The second-order valence-corrected chi connectivity index (χ2v) is 6.43. The number of hydrogen-bond acceptors (Lipinski definition) is 6. The summed E-state index contributed by atoms with van der Waals surface area (Å²) >= 11 is 1.73. The molecule has 0 bridgehead atoms. The first kappa shape index (κ1) is 13.7. The zero-order chi connectivity index (χ0) is 14.1. The largest absolute Gasteiger partial charge is 0.377 e. The molecule has 0 unspecified atom stereocenters. The van der Waals surface area contributed by atoms with Crippen LogP contribution >= 0.6 is 11.3 Å². The SMILES string of the molecule is COCc1nc(C(C)C)c2sc(N3CCCC3)nc2n1. The summed E-state index contributed by atoms with van der Waals surface area (Å²) in [5, 5.41) is 1.09. The first-order chi connectivity index (χ1) is 9.69. The number of rotatable bonds is 4. The number of methoxy groups -OCH3 is 1. The highest BCUT2D eigenvalue weighted by Gasteiger charge is 2.20. The lowest BCUT2D eigenvalue weighted by Gasteiger charge is -2.11. The van der Waals surface area contributed by atoms with Gasteiger partial charge in [-0.1, -0.05) is 25.2 Å². The zero-order valence-corrected chi connectivity index (χ0v) is 13.0. The topological polar surface area (TPSA) is 51.1 Å². The number of ether oxygens (including phenoxy) is 1. The number of anilines is 1. The van der Waals surface area contributed by atoms with E-state index in [1.165, 1.54) is 12.8 Å². The van der Waals surface area contributed by atoms with Gasteiger partial charge in [0.15, 0.2) is 16.6 Å². The molecule has 0 radical (unpaired) electrons. The fourth-order valence-electron chi connectivity index (χ4n) is 2.51. The third kappa shape index (κ3) is 2.50. The van der Waals surface area contributed by atoms with Crippen molar-refractivity contribution >= 4 is 26.8 Å². The van der Waals surface area contributed by atoms with Gasteiger partial charge in [0.2, 0.25) is 0 Å². The normalized spacial score (nSPS) is 15.7. The molecule has 0 amide bonds. The summed E-state index contributed by atoms with van der Waals surface area (Å²) in [7, 11) is 1.67. The van der Waals surface area contributed by atoms with E-state index in [0.717, 1.165) is 40.1 Å². The molecule has 1 aliphatic heterocycles. The molecule has 0 aliphatic carbocycles. The monoisotopic (exact) mass is 292 g/mol. The molecular weight excluding hydrogens is 272 g/mol. The van der Waals surface area contributed by atoms with Crippen molar-refractivity contribution in [2.24, 2.45) is 0 Å². The van der Waals surface area contributed by atoms with Crippen LogP contribution in [0.3, 0.4) is 0 Å². The Bertz CT molecular complexity index is 604. The first-order valence-corrected chi connectivity index (χ1v) is 7.92. The molecule has 2 aromatic heterocycles. The summed E-state index contributed by atoms with van der Waals surface area (Å²) in [5.74, 6) is 1.09. The molecule has 0 spiro atoms. The molecule has 3 heterocycles. The molecule has 108 valence electrons. The van der Waals surface area contributed by atoms with E-state index in [1.807, 2.05) is 0 Å². The van der Waals surface area contributed by atoms with Gasteiger partial charge in [-0.25, -0.2) is 9.97 Å². The molecule has 2 aromatic rings. The van der Waals surface area contributed by atoms with Gasteiger partial charge in [-0.05, 0) is 18.8 Å². The van der Waals surface area contributed by atoms with E-state index in [-0.39, 0.29) is 0 Å². The molecule has 0 N–H and O–H groups in total. The Morgan fingerprint density at radius 2 is 1.95 bits per heavy atom. The highest BCUT2D eigenvalue weighted by Crippen LogP contribution is 2.34. The Balaban J connectivity index is 2.08. The van der Waals surface area contributed by atoms with E-state index in [1.54, 1.807) is 18.4 Å². The standard InChI is InChI=1S/C14H20N4OS/c1-9(2)11-12-13(16-10(15-11)8-19-3)17-14(20-12)18-6-4-5-7-18/h9H,4-8H2,1-3H3. The Kier molecular flexibility index (Phi) is 3.85. The molecule has 0 atom stereocenters. The quantitative estimate of drug-likeness (QED) is 0.867. The molecule has 6 heteroatoms. The molecule has 1 fully saturated rings. The second kappa shape index (κ2) is 5.61. The van der Waals surface area contributed by atoms with Crippen molar-refractivity contribution in [1.82, 2.24) is 15.0 Å². The smallest absolute Gasteiger partial charge is 0.188 e. The maximum absolute atomic E-state index is 5.16. The summed E-state index contributed by atoms with van der Waals surface area (Å²) < 4.78 is 6.28. The van der Waals surface area contributed by atoms with Crippen LogP contribution in [0.4, 0.5) is 5.13 Å². The summed E-state index contributed by atoms with van der Waals surface area (Å²) in [6.45, 7) is 6.97. The Hall–Kier alpha value is -1.27. The molecule has 0 aromatic carbocycles. The van der Waals surface area contributed by atoms with Crippen LogP contribution in [0.25, 0.3) is 10.3 Å². The predicted molar refractivity (Wildman–Crippen MR) is 81.5 cm³/mol. The first-order valence-electron chi connectivity index (χ1n) is 7.10. The van der Waals surface area contributed by atoms with E-state index < -0.39 is 0 Å². The Morgan fingerprint density at radius 3 is 2.60 bits per heavy atom. The number of nitrogens with zero attached hydrogens (tertiary/aromatic N) is 4. The average molecular weight is 292 g/mol. The van der Waals surface area contributed by atoms with Gasteiger partial charge in [0.05, 0.1) is 10.4 Å². The van der Waals surface area contributed by atoms with Crippen molar-refractivity contribution in [1.29, 1.82) is 0 Å². The zero-order valence-electron chi connectivity index (χ0n) is 12.2. The van der Waals surface area contributed by atoms with Gasteiger partial charge in [0.25, 0.3) is 0 Å². The van der Waals surface area contributed by atoms with Crippen LogP contribution in [0.1, 0.15) is 44.1 Å². The lowest BCUT2D eigenvalue weighted by Crippen LogP contribution is -2.16. The van der Waals surface area contributed by atoms with Crippen molar-refractivity contribution in [3.05, 3.63) is 11.5 Å². The number of hydrogen-bond donors (Lipinski definition) is 0. The number of thiazole rings is 1. The molecule has 20 heavy (non-hydrogen) atoms. The van der Waals surface area contributed by atoms with Crippen LogP contribution < -0.4 is 4.90 Å². The van der Waals surface area contributed by atoms with E-state index in [2.05, 4.69) is 28.7 Å². The van der Waals surface area contributed by atoms with Gasteiger partial charge in [-0.3, -0.25) is 0 Å². The minimum atomic E-state index is 0.364. The van der Waals surface area contributed by atoms with Crippen molar-refractivity contribution in [2.45, 2.75) is 39.2 Å². The minimum absolute atomic E-state index is 0.364.